The summed E-state index contributed by atoms with van der Waals surface area (Å²) in [5.74, 6) is -0.536. The van der Waals surface area contributed by atoms with Crippen LogP contribution in [0.2, 0.25) is 0 Å². The summed E-state index contributed by atoms with van der Waals surface area (Å²) in [6, 6.07) is 6.27. The molecule has 0 amide bonds. The number of hydrogen-bond acceptors (Lipinski definition) is 4. The Morgan fingerprint density at radius 3 is 3.00 bits per heavy atom. The van der Waals surface area contributed by atoms with E-state index in [-0.39, 0.29) is 10.4 Å². The van der Waals surface area contributed by atoms with Crippen LogP contribution in [0.25, 0.3) is 0 Å². The lowest BCUT2D eigenvalue weighted by Crippen LogP contribution is -2.08. The van der Waals surface area contributed by atoms with Crippen LogP contribution in [0.4, 0.5) is 10.1 Å². The lowest BCUT2D eigenvalue weighted by Gasteiger charge is -2.07. The molecule has 0 aliphatic carbocycles. The monoisotopic (exact) mass is 263 g/mol. The number of thiazole rings is 1. The Morgan fingerprint density at radius 2 is 2.33 bits per heavy atom. The van der Waals surface area contributed by atoms with Gasteiger partial charge in [0.15, 0.2) is 0 Å². The second-order valence-corrected chi connectivity index (χ2v) is 4.47. The predicted molar refractivity (Wildman–Crippen MR) is 68.2 cm³/mol. The number of H-pyrrole nitrogens is 1. The summed E-state index contributed by atoms with van der Waals surface area (Å²) in [4.78, 5) is 13.5. The molecule has 0 atom stereocenters. The normalized spacial score (nSPS) is 10.0. The van der Waals surface area contributed by atoms with Gasteiger partial charge in [0.1, 0.15) is 17.4 Å². The zero-order chi connectivity index (χ0) is 13.0. The van der Waals surface area contributed by atoms with E-state index in [1.165, 1.54) is 6.07 Å². The van der Waals surface area contributed by atoms with E-state index in [2.05, 4.69) is 10.3 Å². The maximum atomic E-state index is 13.3. The molecular formula is C12H10FN3OS. The van der Waals surface area contributed by atoms with Gasteiger partial charge in [0, 0.05) is 24.0 Å². The van der Waals surface area contributed by atoms with Crippen molar-refractivity contribution in [3.05, 3.63) is 50.3 Å². The first-order valence-electron chi connectivity index (χ1n) is 5.30. The van der Waals surface area contributed by atoms with Gasteiger partial charge in [-0.2, -0.15) is 5.26 Å². The van der Waals surface area contributed by atoms with Crippen molar-refractivity contribution >= 4 is 17.0 Å². The van der Waals surface area contributed by atoms with Crippen molar-refractivity contribution in [1.29, 1.82) is 5.26 Å². The third-order valence-corrected chi connectivity index (χ3v) is 3.12. The van der Waals surface area contributed by atoms with E-state index in [0.717, 1.165) is 17.0 Å². The van der Waals surface area contributed by atoms with Crippen molar-refractivity contribution in [2.24, 2.45) is 0 Å². The second kappa shape index (κ2) is 5.47. The standard InChI is InChI=1S/C12H10FN3OS/c13-10-2-1-3-11(9(10)6-14)15-5-4-8-7-18-12(17)16-8/h1-3,7,15H,4-5H2,(H,16,17). The molecule has 0 aliphatic heterocycles. The fourth-order valence-electron chi connectivity index (χ4n) is 1.55. The zero-order valence-electron chi connectivity index (χ0n) is 9.37. The Morgan fingerprint density at radius 1 is 1.50 bits per heavy atom. The Labute approximate surface area is 107 Å². The first kappa shape index (κ1) is 12.3. The quantitative estimate of drug-likeness (QED) is 0.887. The van der Waals surface area contributed by atoms with Crippen molar-refractivity contribution in [3.63, 3.8) is 0 Å². The summed E-state index contributed by atoms with van der Waals surface area (Å²) in [5, 5.41) is 13.6. The summed E-state index contributed by atoms with van der Waals surface area (Å²) in [5.41, 5.74) is 1.30. The summed E-state index contributed by atoms with van der Waals surface area (Å²) in [6.45, 7) is 0.519. The first-order chi connectivity index (χ1) is 8.70. The second-order valence-electron chi connectivity index (χ2n) is 3.62. The third-order valence-electron chi connectivity index (χ3n) is 2.41. The minimum Gasteiger partial charge on any atom is -0.383 e. The maximum Gasteiger partial charge on any atom is 0.304 e. The van der Waals surface area contributed by atoms with E-state index < -0.39 is 5.82 Å². The van der Waals surface area contributed by atoms with Crippen LogP contribution in [0, 0.1) is 17.1 Å². The van der Waals surface area contributed by atoms with Crippen molar-refractivity contribution in [3.8, 4) is 6.07 Å². The summed E-state index contributed by atoms with van der Waals surface area (Å²) in [6.07, 6.45) is 0.611. The van der Waals surface area contributed by atoms with E-state index in [1.807, 2.05) is 6.07 Å². The van der Waals surface area contributed by atoms with Crippen LogP contribution in [0.15, 0.2) is 28.4 Å². The van der Waals surface area contributed by atoms with Crippen molar-refractivity contribution in [1.82, 2.24) is 4.98 Å². The highest BCUT2D eigenvalue weighted by Crippen LogP contribution is 2.17. The van der Waals surface area contributed by atoms with Crippen LogP contribution in [0.5, 0.6) is 0 Å². The van der Waals surface area contributed by atoms with Crippen molar-refractivity contribution in [2.75, 3.05) is 11.9 Å². The minimum absolute atomic E-state index is 0.0105. The van der Waals surface area contributed by atoms with Gasteiger partial charge < -0.3 is 10.3 Å². The average molecular weight is 263 g/mol. The summed E-state index contributed by atoms with van der Waals surface area (Å²) in [7, 11) is 0. The van der Waals surface area contributed by atoms with Gasteiger partial charge in [-0.3, -0.25) is 4.79 Å². The molecule has 0 bridgehead atoms. The van der Waals surface area contributed by atoms with Gasteiger partial charge in [-0.1, -0.05) is 17.4 Å². The topological polar surface area (TPSA) is 68.7 Å². The van der Waals surface area contributed by atoms with Gasteiger partial charge in [0.05, 0.1) is 5.69 Å². The van der Waals surface area contributed by atoms with E-state index >= 15 is 0 Å². The molecule has 4 nitrogen and oxygen atoms in total. The lowest BCUT2D eigenvalue weighted by molar-refractivity contribution is 0.624. The molecule has 92 valence electrons. The highest BCUT2D eigenvalue weighted by Gasteiger charge is 2.06. The van der Waals surface area contributed by atoms with Crippen LogP contribution in [-0.4, -0.2) is 11.5 Å². The molecule has 1 aromatic heterocycles. The molecule has 0 saturated carbocycles. The molecule has 0 unspecified atom stereocenters. The molecule has 0 aliphatic rings. The fraction of sp³-hybridized carbons (Fsp3) is 0.167. The number of halogens is 1. The molecule has 0 saturated heterocycles. The largest absolute Gasteiger partial charge is 0.383 e. The summed E-state index contributed by atoms with van der Waals surface area (Å²) < 4.78 is 13.3. The number of anilines is 1. The molecule has 2 N–H and O–H groups in total. The van der Waals surface area contributed by atoms with E-state index in [1.54, 1.807) is 17.5 Å². The van der Waals surface area contributed by atoms with Gasteiger partial charge in [0.25, 0.3) is 0 Å². The Bertz CT molecular complexity index is 641. The van der Waals surface area contributed by atoms with E-state index in [9.17, 15) is 9.18 Å². The van der Waals surface area contributed by atoms with Gasteiger partial charge in [-0.25, -0.2) is 4.39 Å². The highest BCUT2D eigenvalue weighted by atomic mass is 32.1. The number of aromatic amines is 1. The minimum atomic E-state index is -0.536. The van der Waals surface area contributed by atoms with Gasteiger partial charge in [-0.15, -0.1) is 0 Å². The number of benzene rings is 1. The number of hydrogen-bond donors (Lipinski definition) is 2. The number of nitrogens with one attached hydrogen (secondary N) is 2. The molecular weight excluding hydrogens is 253 g/mol. The number of nitriles is 1. The molecule has 0 fully saturated rings. The maximum absolute atomic E-state index is 13.3. The van der Waals surface area contributed by atoms with E-state index in [0.29, 0.717) is 18.7 Å². The van der Waals surface area contributed by atoms with Crippen molar-refractivity contribution < 1.29 is 4.39 Å². The molecule has 1 heterocycles. The van der Waals surface area contributed by atoms with E-state index in [4.69, 9.17) is 5.26 Å². The highest BCUT2D eigenvalue weighted by molar-refractivity contribution is 7.07. The summed E-state index contributed by atoms with van der Waals surface area (Å²) >= 11 is 1.11. The van der Waals surface area contributed by atoms with Crippen LogP contribution in [0.3, 0.4) is 0 Å². The fourth-order valence-corrected chi connectivity index (χ4v) is 2.17. The van der Waals surface area contributed by atoms with Gasteiger partial charge in [0.2, 0.25) is 0 Å². The SMILES string of the molecule is N#Cc1c(F)cccc1NCCc1csc(=O)[nH]1. The zero-order valence-corrected chi connectivity index (χ0v) is 10.2. The Balaban J connectivity index is 2.01. The third kappa shape index (κ3) is 2.76. The van der Waals surface area contributed by atoms with Crippen LogP contribution < -0.4 is 10.2 Å². The molecule has 2 rings (SSSR count). The smallest absolute Gasteiger partial charge is 0.304 e. The Hall–Kier alpha value is -2.13. The Kier molecular flexibility index (Phi) is 3.75. The molecule has 0 radical (unpaired) electrons. The lowest BCUT2D eigenvalue weighted by atomic mass is 10.2. The van der Waals surface area contributed by atoms with Crippen molar-refractivity contribution in [2.45, 2.75) is 6.42 Å². The first-order valence-corrected chi connectivity index (χ1v) is 6.18. The molecule has 0 spiro atoms. The van der Waals surface area contributed by atoms with Crippen LogP contribution >= 0.6 is 11.3 Å². The molecule has 2 aromatic rings. The number of rotatable bonds is 4. The predicted octanol–water partition coefficient (Wildman–Crippen LogP) is 2.10. The van der Waals surface area contributed by atoms with Crippen LogP contribution in [-0.2, 0) is 6.42 Å². The molecule has 1 aromatic carbocycles. The van der Waals surface area contributed by atoms with Crippen LogP contribution in [0.1, 0.15) is 11.3 Å². The molecule has 18 heavy (non-hydrogen) atoms. The molecule has 6 heteroatoms. The van der Waals surface area contributed by atoms with Gasteiger partial charge >= 0.3 is 4.87 Å². The number of nitrogens with zero attached hydrogens (tertiary/aromatic N) is 1. The number of aromatic nitrogens is 1. The van der Waals surface area contributed by atoms with Gasteiger partial charge in [-0.05, 0) is 12.1 Å². The average Bonchev–Trinajstić information content (AvgIpc) is 2.75.